The third-order valence-electron chi connectivity index (χ3n) is 9.51. The van der Waals surface area contributed by atoms with Gasteiger partial charge in [0.15, 0.2) is 11.4 Å². The smallest absolute Gasteiger partial charge is 0.407 e. The third-order valence-corrected chi connectivity index (χ3v) is 9.51. The molecule has 2 saturated carbocycles. The zero-order valence-corrected chi connectivity index (χ0v) is 22.5. The van der Waals surface area contributed by atoms with Crippen molar-refractivity contribution in [1.29, 1.82) is 0 Å². The number of rotatable bonds is 5. The topological polar surface area (TPSA) is 125 Å². The maximum atomic E-state index is 13.8. The first-order chi connectivity index (χ1) is 17.2. The van der Waals surface area contributed by atoms with E-state index in [1.54, 1.807) is 13.8 Å². The summed E-state index contributed by atoms with van der Waals surface area (Å²) < 4.78 is 12.2. The molecular formula is C29H41NO7. The van der Waals surface area contributed by atoms with Gasteiger partial charge in [-0.05, 0) is 44.1 Å². The Bertz CT molecular complexity index is 1060. The molecule has 3 fully saturated rings. The Labute approximate surface area is 219 Å². The van der Waals surface area contributed by atoms with Crippen LogP contribution in [-0.2, 0) is 20.7 Å². The Hall–Kier alpha value is -2.26. The van der Waals surface area contributed by atoms with E-state index >= 15 is 0 Å². The van der Waals surface area contributed by atoms with Crippen LogP contribution in [0.15, 0.2) is 43.0 Å². The predicted molar refractivity (Wildman–Crippen MR) is 138 cm³/mol. The number of aliphatic hydroxyl groups excluding tert-OH is 2. The largest absolute Gasteiger partial charge is 0.443 e. The van der Waals surface area contributed by atoms with E-state index in [1.165, 1.54) is 13.0 Å². The monoisotopic (exact) mass is 515 g/mol. The van der Waals surface area contributed by atoms with Crippen LogP contribution in [0, 0.1) is 16.7 Å². The summed E-state index contributed by atoms with van der Waals surface area (Å²) in [5.74, 6) is -1.27. The molecule has 0 spiro atoms. The Morgan fingerprint density at radius 2 is 1.84 bits per heavy atom. The number of hydrogen-bond acceptors (Lipinski definition) is 7. The minimum Gasteiger partial charge on any atom is -0.443 e. The van der Waals surface area contributed by atoms with Crippen LogP contribution in [0.5, 0.6) is 0 Å². The van der Waals surface area contributed by atoms with E-state index in [-0.39, 0.29) is 6.42 Å². The summed E-state index contributed by atoms with van der Waals surface area (Å²) >= 11 is 0. The van der Waals surface area contributed by atoms with E-state index in [0.717, 1.165) is 5.56 Å². The second-order valence-electron chi connectivity index (χ2n) is 12.3. The van der Waals surface area contributed by atoms with Crippen LogP contribution in [0.25, 0.3) is 0 Å². The van der Waals surface area contributed by atoms with E-state index in [0.29, 0.717) is 25.8 Å². The van der Waals surface area contributed by atoms with Crippen LogP contribution in [0.2, 0.25) is 0 Å². The molecule has 2 aliphatic carbocycles. The van der Waals surface area contributed by atoms with E-state index in [9.17, 15) is 24.9 Å². The van der Waals surface area contributed by atoms with Crippen molar-refractivity contribution in [2.45, 2.75) is 95.4 Å². The van der Waals surface area contributed by atoms with Crippen molar-refractivity contribution in [3.05, 3.63) is 48.6 Å². The molecule has 4 rings (SSSR count). The molecule has 4 N–H and O–H groups in total. The number of ether oxygens (including phenoxy) is 2. The van der Waals surface area contributed by atoms with Gasteiger partial charge in [0, 0.05) is 24.3 Å². The van der Waals surface area contributed by atoms with Crippen molar-refractivity contribution in [1.82, 2.24) is 5.32 Å². The second kappa shape index (κ2) is 9.19. The summed E-state index contributed by atoms with van der Waals surface area (Å²) in [6.07, 6.45) is -1.70. The maximum absolute atomic E-state index is 13.8. The van der Waals surface area contributed by atoms with Gasteiger partial charge >= 0.3 is 6.09 Å². The highest BCUT2D eigenvalue weighted by atomic mass is 16.6. The Kier molecular flexibility index (Phi) is 6.89. The molecule has 8 nitrogen and oxygen atoms in total. The highest BCUT2D eigenvalue weighted by Gasteiger charge is 2.81. The number of nitrogens with one attached hydrogen (secondary N) is 1. The van der Waals surface area contributed by atoms with Gasteiger partial charge in [-0.15, -0.1) is 6.58 Å². The van der Waals surface area contributed by atoms with Crippen LogP contribution in [-0.4, -0.2) is 68.9 Å². The molecular weight excluding hydrogens is 474 g/mol. The number of carbonyl (C=O) groups is 2. The Morgan fingerprint density at radius 1 is 1.19 bits per heavy atom. The molecule has 0 aromatic heterocycles. The van der Waals surface area contributed by atoms with Crippen molar-refractivity contribution in [2.24, 2.45) is 16.7 Å². The molecule has 1 saturated heterocycles. The fourth-order valence-corrected chi connectivity index (χ4v) is 7.52. The Balaban J connectivity index is 1.71. The molecule has 1 aliphatic heterocycles. The lowest BCUT2D eigenvalue weighted by Gasteiger charge is -2.71. The summed E-state index contributed by atoms with van der Waals surface area (Å²) in [4.78, 5) is 26.8. The molecule has 3 aliphatic rings. The molecule has 1 aromatic rings. The fraction of sp³-hybridized carbons (Fsp3) is 0.655. The van der Waals surface area contributed by atoms with Gasteiger partial charge in [0.05, 0.1) is 11.7 Å². The van der Waals surface area contributed by atoms with Crippen molar-refractivity contribution in [3.63, 3.8) is 0 Å². The van der Waals surface area contributed by atoms with Crippen molar-refractivity contribution in [3.8, 4) is 0 Å². The number of Topliss-reactive ketones (excluding diaryl/α,β-unsaturated/α-hetero) is 1. The average molecular weight is 516 g/mol. The van der Waals surface area contributed by atoms with Gasteiger partial charge in [-0.2, -0.15) is 0 Å². The lowest BCUT2D eigenvalue weighted by Crippen LogP contribution is -2.86. The van der Waals surface area contributed by atoms with Gasteiger partial charge in [-0.3, -0.25) is 4.79 Å². The zero-order chi connectivity index (χ0) is 27.4. The number of ketones is 1. The van der Waals surface area contributed by atoms with Crippen molar-refractivity contribution in [2.75, 3.05) is 6.54 Å². The molecule has 37 heavy (non-hydrogen) atoms. The zero-order valence-electron chi connectivity index (χ0n) is 22.5. The molecule has 8 heteroatoms. The molecule has 8 atom stereocenters. The number of aliphatic hydroxyl groups is 3. The minimum atomic E-state index is -2.23. The SMILES string of the molecule is C=C[C@@]1(C)CC(=O)[C@]2(O)[C@@]3(C)[C@@H](O)CCC(C)(C)[C@@H]3[C@H](OC(=O)NCCc3ccccc3)[C@H](O)[C@@]2(C)O1. The first kappa shape index (κ1) is 27.8. The lowest BCUT2D eigenvalue weighted by atomic mass is 9.40. The van der Waals surface area contributed by atoms with Crippen LogP contribution in [0.3, 0.4) is 0 Å². The van der Waals surface area contributed by atoms with Crippen molar-refractivity contribution < 1.29 is 34.4 Å². The van der Waals surface area contributed by atoms with Gasteiger partial charge in [0.1, 0.15) is 17.8 Å². The Morgan fingerprint density at radius 3 is 2.46 bits per heavy atom. The van der Waals surface area contributed by atoms with Gasteiger partial charge < -0.3 is 30.1 Å². The number of alkyl carbamates (subject to hydrolysis) is 1. The van der Waals surface area contributed by atoms with Crippen LogP contribution < -0.4 is 5.32 Å². The molecule has 1 amide bonds. The number of fused-ring (bicyclic) bond motifs is 3. The quantitative estimate of drug-likeness (QED) is 0.444. The van der Waals surface area contributed by atoms with Gasteiger partial charge in [-0.1, -0.05) is 57.2 Å². The first-order valence-electron chi connectivity index (χ1n) is 13.1. The van der Waals surface area contributed by atoms with Crippen LogP contribution in [0.1, 0.15) is 59.4 Å². The molecule has 0 radical (unpaired) electrons. The number of carbonyl (C=O) groups excluding carboxylic acids is 2. The molecule has 204 valence electrons. The summed E-state index contributed by atoms with van der Waals surface area (Å²) in [6.45, 7) is 12.8. The molecule has 0 bridgehead atoms. The van der Waals surface area contributed by atoms with E-state index in [4.69, 9.17) is 9.47 Å². The van der Waals surface area contributed by atoms with Gasteiger partial charge in [0.25, 0.3) is 0 Å². The molecule has 1 heterocycles. The highest BCUT2D eigenvalue weighted by molar-refractivity contribution is 5.92. The molecule has 0 unspecified atom stereocenters. The van der Waals surface area contributed by atoms with Crippen LogP contribution in [0.4, 0.5) is 4.79 Å². The first-order valence-corrected chi connectivity index (χ1v) is 13.1. The summed E-state index contributed by atoms with van der Waals surface area (Å²) in [6, 6.07) is 9.70. The van der Waals surface area contributed by atoms with E-state index in [2.05, 4.69) is 11.9 Å². The van der Waals surface area contributed by atoms with E-state index < -0.39 is 63.7 Å². The fourth-order valence-electron chi connectivity index (χ4n) is 7.52. The number of hydrogen-bond donors (Lipinski definition) is 4. The second-order valence-corrected chi connectivity index (χ2v) is 12.3. The summed E-state index contributed by atoms with van der Waals surface area (Å²) in [5, 5.41) is 38.3. The number of amides is 1. The standard InChI is InChI=1S/C29H41NO7/c1-7-26(4)17-20(32)29(35)27(5)19(31)13-15-25(2,3)22(27)21(23(33)28(29,6)37-26)36-24(34)30-16-14-18-11-9-8-10-12-18/h7-12,19,21-23,31,33,35H,1,13-17H2,2-6H3,(H,30,34)/t19-,21-,22-,23-,26-,27-,28+,29-/m0/s1. The molecule has 1 aromatic carbocycles. The summed E-state index contributed by atoms with van der Waals surface area (Å²) in [7, 11) is 0. The van der Waals surface area contributed by atoms with E-state index in [1.807, 2.05) is 44.2 Å². The summed E-state index contributed by atoms with van der Waals surface area (Å²) in [5.41, 5.74) is -6.25. The van der Waals surface area contributed by atoms with Crippen LogP contribution >= 0.6 is 0 Å². The maximum Gasteiger partial charge on any atom is 0.407 e. The van der Waals surface area contributed by atoms with Crippen molar-refractivity contribution >= 4 is 11.9 Å². The van der Waals surface area contributed by atoms with Gasteiger partial charge in [0.2, 0.25) is 0 Å². The average Bonchev–Trinajstić information content (AvgIpc) is 2.83. The highest BCUT2D eigenvalue weighted by Crippen LogP contribution is 2.67. The minimum absolute atomic E-state index is 0.156. The third kappa shape index (κ3) is 4.04. The normalized spacial score (nSPS) is 42.8. The number of benzene rings is 1. The lowest BCUT2D eigenvalue weighted by molar-refractivity contribution is -0.369. The predicted octanol–water partition coefficient (Wildman–Crippen LogP) is 2.93. The van der Waals surface area contributed by atoms with Gasteiger partial charge in [-0.25, -0.2) is 4.79 Å².